The summed E-state index contributed by atoms with van der Waals surface area (Å²) in [5, 5.41) is 0. The first-order chi connectivity index (χ1) is 4.24. The van der Waals surface area contributed by atoms with Gasteiger partial charge in [0.1, 0.15) is 5.76 Å². The number of halogens is 1. The van der Waals surface area contributed by atoms with Gasteiger partial charge in [0.15, 0.2) is 0 Å². The zero-order valence-electron chi connectivity index (χ0n) is 4.85. The molecule has 9 heavy (non-hydrogen) atoms. The smallest absolute Gasteiger partial charge is 0.336 e. The number of rotatable bonds is 0. The van der Waals surface area contributed by atoms with E-state index in [0.29, 0.717) is 5.76 Å². The van der Waals surface area contributed by atoms with Crippen molar-refractivity contribution in [1.29, 1.82) is 0 Å². The summed E-state index contributed by atoms with van der Waals surface area (Å²) in [6, 6.07) is 0. The van der Waals surface area contributed by atoms with E-state index in [0.717, 1.165) is 5.57 Å². The van der Waals surface area contributed by atoms with Crippen LogP contribution in [0.25, 0.3) is 0 Å². The predicted molar refractivity (Wildman–Crippen MR) is 42.0 cm³/mol. The molecule has 0 aromatic rings. The van der Waals surface area contributed by atoms with E-state index in [1.807, 2.05) is 29.5 Å². The second-order valence-electron chi connectivity index (χ2n) is 1.72. The van der Waals surface area contributed by atoms with Crippen molar-refractivity contribution in [1.82, 2.24) is 0 Å². The molecule has 0 aromatic heterocycles. The molecular formula is C6H5IO2. The Kier molecular flexibility index (Phi) is 1.90. The molecule has 0 saturated carbocycles. The molecular weight excluding hydrogens is 231 g/mol. The molecule has 3 heteroatoms. The van der Waals surface area contributed by atoms with Gasteiger partial charge in [-0.2, -0.15) is 0 Å². The van der Waals surface area contributed by atoms with Gasteiger partial charge in [-0.25, -0.2) is 4.79 Å². The molecule has 2 nitrogen and oxygen atoms in total. The van der Waals surface area contributed by atoms with Crippen molar-refractivity contribution < 1.29 is 9.53 Å². The first kappa shape index (κ1) is 6.80. The van der Waals surface area contributed by atoms with Crippen LogP contribution in [0.2, 0.25) is 0 Å². The van der Waals surface area contributed by atoms with E-state index < -0.39 is 0 Å². The van der Waals surface area contributed by atoms with Crippen LogP contribution >= 0.6 is 22.6 Å². The van der Waals surface area contributed by atoms with Crippen LogP contribution in [0.1, 0.15) is 6.92 Å². The minimum absolute atomic E-state index is 0.268. The average molecular weight is 236 g/mol. The molecule has 0 saturated heterocycles. The molecule has 0 bridgehead atoms. The number of carbonyl (C=O) groups excluding carboxylic acids is 1. The summed E-state index contributed by atoms with van der Waals surface area (Å²) in [6.45, 7) is 1.84. The minimum Gasteiger partial charge on any atom is -0.423 e. The minimum atomic E-state index is -0.268. The standard InChI is InChI=1S/C6H5IO2/c1-4-2-6(8)9-5(4)3-7/h2-3H,1H3/b5-3+. The average Bonchev–Trinajstić information content (AvgIpc) is 2.10. The molecule has 1 rings (SSSR count). The van der Waals surface area contributed by atoms with Crippen molar-refractivity contribution in [2.24, 2.45) is 0 Å². The third-order valence-electron chi connectivity index (χ3n) is 1.03. The molecule has 0 amide bonds. The Morgan fingerprint density at radius 3 is 2.67 bits per heavy atom. The van der Waals surface area contributed by atoms with Crippen molar-refractivity contribution in [2.75, 3.05) is 0 Å². The summed E-state index contributed by atoms with van der Waals surface area (Å²) in [4.78, 5) is 10.5. The summed E-state index contributed by atoms with van der Waals surface area (Å²) < 4.78 is 6.49. The number of hydrogen-bond donors (Lipinski definition) is 0. The Morgan fingerprint density at radius 2 is 2.44 bits per heavy atom. The maximum atomic E-state index is 10.5. The van der Waals surface area contributed by atoms with Gasteiger partial charge in [0.2, 0.25) is 0 Å². The van der Waals surface area contributed by atoms with E-state index in [1.165, 1.54) is 6.08 Å². The maximum Gasteiger partial charge on any atom is 0.336 e. The second kappa shape index (κ2) is 2.51. The van der Waals surface area contributed by atoms with Crippen LogP contribution in [-0.4, -0.2) is 5.97 Å². The highest BCUT2D eigenvalue weighted by atomic mass is 127. The lowest BCUT2D eigenvalue weighted by Crippen LogP contribution is -1.89. The molecule has 48 valence electrons. The Balaban J connectivity index is 2.89. The van der Waals surface area contributed by atoms with Crippen molar-refractivity contribution >= 4 is 28.6 Å². The lowest BCUT2D eigenvalue weighted by molar-refractivity contribution is -0.132. The largest absolute Gasteiger partial charge is 0.423 e. The zero-order valence-corrected chi connectivity index (χ0v) is 7.01. The van der Waals surface area contributed by atoms with E-state index >= 15 is 0 Å². The number of esters is 1. The molecule has 0 N–H and O–H groups in total. The van der Waals surface area contributed by atoms with E-state index in [4.69, 9.17) is 4.74 Å². The van der Waals surface area contributed by atoms with Gasteiger partial charge < -0.3 is 4.74 Å². The first-order valence-corrected chi connectivity index (χ1v) is 3.69. The van der Waals surface area contributed by atoms with E-state index in [-0.39, 0.29) is 5.97 Å². The van der Waals surface area contributed by atoms with Gasteiger partial charge in [-0.1, -0.05) is 0 Å². The summed E-state index contributed by atoms with van der Waals surface area (Å²) in [6.07, 6.45) is 1.48. The Labute approximate surface area is 66.7 Å². The molecule has 0 fully saturated rings. The lowest BCUT2D eigenvalue weighted by atomic mass is 10.3. The van der Waals surface area contributed by atoms with Crippen molar-refractivity contribution in [3.05, 3.63) is 21.5 Å². The molecule has 0 unspecified atom stereocenters. The quantitative estimate of drug-likeness (QED) is 0.473. The summed E-state index contributed by atoms with van der Waals surface area (Å²) in [5.41, 5.74) is 0.898. The van der Waals surface area contributed by atoms with Crippen molar-refractivity contribution in [3.8, 4) is 0 Å². The van der Waals surface area contributed by atoms with Gasteiger partial charge in [0, 0.05) is 10.2 Å². The lowest BCUT2D eigenvalue weighted by Gasteiger charge is -1.93. The Hall–Kier alpha value is -0.320. The summed E-state index contributed by atoms with van der Waals surface area (Å²) >= 11 is 2.03. The highest BCUT2D eigenvalue weighted by Crippen LogP contribution is 2.19. The van der Waals surface area contributed by atoms with Gasteiger partial charge in [0.25, 0.3) is 0 Å². The summed E-state index contributed by atoms with van der Waals surface area (Å²) in [7, 11) is 0. The van der Waals surface area contributed by atoms with E-state index in [2.05, 4.69) is 0 Å². The molecule has 1 aliphatic heterocycles. The molecule has 1 aliphatic rings. The maximum absolute atomic E-state index is 10.5. The van der Waals surface area contributed by atoms with Gasteiger partial charge >= 0.3 is 5.97 Å². The fraction of sp³-hybridized carbons (Fsp3) is 0.167. The van der Waals surface area contributed by atoms with Crippen LogP contribution in [0, 0.1) is 0 Å². The third kappa shape index (κ3) is 1.32. The predicted octanol–water partition coefficient (Wildman–Crippen LogP) is 1.77. The third-order valence-corrected chi connectivity index (χ3v) is 1.60. The van der Waals surface area contributed by atoms with Crippen molar-refractivity contribution in [2.45, 2.75) is 6.92 Å². The number of hydrogen-bond acceptors (Lipinski definition) is 2. The second-order valence-corrected chi connectivity index (χ2v) is 2.34. The van der Waals surface area contributed by atoms with Gasteiger partial charge in [-0.05, 0) is 35.1 Å². The zero-order chi connectivity index (χ0) is 6.85. The number of cyclic esters (lactones) is 1. The summed E-state index contributed by atoms with van der Waals surface area (Å²) in [5.74, 6) is 0.399. The van der Waals surface area contributed by atoms with Gasteiger partial charge in [-0.3, -0.25) is 0 Å². The van der Waals surface area contributed by atoms with E-state index in [9.17, 15) is 4.79 Å². The number of allylic oxidation sites excluding steroid dienone is 1. The molecule has 0 spiro atoms. The number of ether oxygens (including phenoxy) is 1. The van der Waals surface area contributed by atoms with Crippen LogP contribution in [-0.2, 0) is 9.53 Å². The van der Waals surface area contributed by atoms with Crippen LogP contribution in [0.3, 0.4) is 0 Å². The number of carbonyl (C=O) groups is 1. The highest BCUT2D eigenvalue weighted by molar-refractivity contribution is 14.1. The van der Waals surface area contributed by atoms with E-state index in [1.54, 1.807) is 4.08 Å². The Bertz CT molecular complexity index is 203. The highest BCUT2D eigenvalue weighted by Gasteiger charge is 2.14. The molecule has 0 aliphatic carbocycles. The fourth-order valence-electron chi connectivity index (χ4n) is 0.575. The van der Waals surface area contributed by atoms with Crippen molar-refractivity contribution in [3.63, 3.8) is 0 Å². The fourth-order valence-corrected chi connectivity index (χ4v) is 1.19. The molecule has 0 atom stereocenters. The van der Waals surface area contributed by atoms with Gasteiger partial charge in [0.05, 0.1) is 0 Å². The van der Waals surface area contributed by atoms with Crippen LogP contribution in [0.4, 0.5) is 0 Å². The van der Waals surface area contributed by atoms with Crippen LogP contribution in [0.15, 0.2) is 21.5 Å². The SMILES string of the molecule is CC1=CC(=O)O/C1=C/I. The topological polar surface area (TPSA) is 26.3 Å². The molecule has 1 heterocycles. The Morgan fingerprint density at radius 1 is 1.78 bits per heavy atom. The normalized spacial score (nSPS) is 22.2. The monoisotopic (exact) mass is 236 g/mol. The molecule has 0 aromatic carbocycles. The van der Waals surface area contributed by atoms with Crippen LogP contribution < -0.4 is 0 Å². The van der Waals surface area contributed by atoms with Crippen LogP contribution in [0.5, 0.6) is 0 Å². The van der Waals surface area contributed by atoms with Gasteiger partial charge in [-0.15, -0.1) is 0 Å². The first-order valence-electron chi connectivity index (χ1n) is 2.45. The molecule has 0 radical (unpaired) electrons.